The molecule has 5 rings (SSSR count). The molecule has 5 aromatic carbocycles. The van der Waals surface area contributed by atoms with Gasteiger partial charge in [0.2, 0.25) is 0 Å². The Hall–Kier alpha value is -3.09. The summed E-state index contributed by atoms with van der Waals surface area (Å²) in [4.78, 5) is 0. The maximum absolute atomic E-state index is 6.05. The summed E-state index contributed by atoms with van der Waals surface area (Å²) in [6.45, 7) is 0. The topological polar surface area (TPSA) is 0 Å². The van der Waals surface area contributed by atoms with Crippen LogP contribution >= 0.6 is 11.6 Å². The van der Waals surface area contributed by atoms with Crippen molar-refractivity contribution >= 4 is 33.1 Å². The van der Waals surface area contributed by atoms with Gasteiger partial charge in [0.05, 0.1) is 0 Å². The molecule has 0 N–H and O–H groups in total. The van der Waals surface area contributed by atoms with Gasteiger partial charge in [0.15, 0.2) is 0 Å². The standard InChI is InChI=1S/C26H17Cl/c27-24-13-10-19(11-14-24)25-7-3-6-23-17-22(12-15-26(23)25)21-9-8-18-4-1-2-5-20(18)16-21/h1-17H. The third-order valence-electron chi connectivity index (χ3n) is 5.12. The highest BCUT2D eigenvalue weighted by Gasteiger charge is 2.06. The molecule has 0 bridgehead atoms. The highest BCUT2D eigenvalue weighted by molar-refractivity contribution is 6.30. The van der Waals surface area contributed by atoms with Gasteiger partial charge in [-0.25, -0.2) is 0 Å². The Balaban J connectivity index is 1.64. The minimum atomic E-state index is 0.762. The molecule has 0 aliphatic heterocycles. The zero-order valence-corrected chi connectivity index (χ0v) is 15.4. The van der Waals surface area contributed by atoms with Crippen molar-refractivity contribution in [3.05, 3.63) is 108 Å². The molecule has 0 aliphatic carbocycles. The first kappa shape index (κ1) is 16.1. The van der Waals surface area contributed by atoms with Crippen LogP contribution in [0.5, 0.6) is 0 Å². The molecule has 0 nitrogen and oxygen atoms in total. The van der Waals surface area contributed by atoms with E-state index in [1.165, 1.54) is 43.8 Å². The molecule has 0 heterocycles. The summed E-state index contributed by atoms with van der Waals surface area (Å²) < 4.78 is 0. The van der Waals surface area contributed by atoms with Gasteiger partial charge in [-0.15, -0.1) is 0 Å². The maximum Gasteiger partial charge on any atom is 0.0406 e. The largest absolute Gasteiger partial charge is 0.0843 e. The SMILES string of the molecule is Clc1ccc(-c2cccc3cc(-c4ccc5ccccc5c4)ccc23)cc1. The van der Waals surface area contributed by atoms with Crippen LogP contribution in [0.2, 0.25) is 5.02 Å². The van der Waals surface area contributed by atoms with Crippen molar-refractivity contribution < 1.29 is 0 Å². The smallest absolute Gasteiger partial charge is 0.0406 e. The van der Waals surface area contributed by atoms with Gasteiger partial charge in [-0.2, -0.15) is 0 Å². The minimum absolute atomic E-state index is 0.762. The van der Waals surface area contributed by atoms with Gasteiger partial charge in [0.1, 0.15) is 0 Å². The second-order valence-electron chi connectivity index (χ2n) is 6.81. The molecule has 27 heavy (non-hydrogen) atoms. The molecular weight excluding hydrogens is 348 g/mol. The van der Waals surface area contributed by atoms with Crippen LogP contribution < -0.4 is 0 Å². The summed E-state index contributed by atoms with van der Waals surface area (Å²) in [7, 11) is 0. The molecule has 1 heteroatoms. The average Bonchev–Trinajstić information content (AvgIpc) is 2.73. The summed E-state index contributed by atoms with van der Waals surface area (Å²) in [6, 6.07) is 36.4. The van der Waals surface area contributed by atoms with Crippen molar-refractivity contribution in [2.45, 2.75) is 0 Å². The van der Waals surface area contributed by atoms with Crippen LogP contribution in [0.15, 0.2) is 103 Å². The van der Waals surface area contributed by atoms with E-state index in [0.29, 0.717) is 0 Å². The summed E-state index contributed by atoms with van der Waals surface area (Å²) >= 11 is 6.05. The molecule has 0 unspecified atom stereocenters. The van der Waals surface area contributed by atoms with Gasteiger partial charge in [-0.1, -0.05) is 90.5 Å². The second kappa shape index (κ2) is 6.57. The van der Waals surface area contributed by atoms with Gasteiger partial charge in [0, 0.05) is 5.02 Å². The third kappa shape index (κ3) is 2.99. The predicted molar refractivity (Wildman–Crippen MR) is 117 cm³/mol. The van der Waals surface area contributed by atoms with Crippen molar-refractivity contribution in [3.63, 3.8) is 0 Å². The van der Waals surface area contributed by atoms with Gasteiger partial charge in [-0.3, -0.25) is 0 Å². The second-order valence-corrected chi connectivity index (χ2v) is 7.25. The van der Waals surface area contributed by atoms with E-state index in [-0.39, 0.29) is 0 Å². The molecule has 0 fully saturated rings. The predicted octanol–water partition coefficient (Wildman–Crippen LogP) is 7.98. The van der Waals surface area contributed by atoms with Gasteiger partial charge in [-0.05, 0) is 68.1 Å². The molecule has 0 saturated carbocycles. The Morgan fingerprint density at radius 1 is 0.444 bits per heavy atom. The molecule has 0 spiro atoms. The zero-order chi connectivity index (χ0) is 18.2. The van der Waals surface area contributed by atoms with Crippen molar-refractivity contribution in [1.82, 2.24) is 0 Å². The first-order chi connectivity index (χ1) is 13.3. The van der Waals surface area contributed by atoms with Crippen molar-refractivity contribution in [1.29, 1.82) is 0 Å². The van der Waals surface area contributed by atoms with Crippen LogP contribution in [-0.4, -0.2) is 0 Å². The molecule has 0 aromatic heterocycles. The molecule has 128 valence electrons. The summed E-state index contributed by atoms with van der Waals surface area (Å²) in [5.41, 5.74) is 4.90. The number of fused-ring (bicyclic) bond motifs is 2. The average molecular weight is 365 g/mol. The zero-order valence-electron chi connectivity index (χ0n) is 14.7. The fraction of sp³-hybridized carbons (Fsp3) is 0. The number of halogens is 1. The normalized spacial score (nSPS) is 11.1. The van der Waals surface area contributed by atoms with E-state index in [4.69, 9.17) is 11.6 Å². The Labute approximate surface area is 163 Å². The quantitative estimate of drug-likeness (QED) is 0.298. The number of hydrogen-bond acceptors (Lipinski definition) is 0. The van der Waals surface area contributed by atoms with Crippen LogP contribution in [0.3, 0.4) is 0 Å². The number of hydrogen-bond donors (Lipinski definition) is 0. The van der Waals surface area contributed by atoms with Gasteiger partial charge >= 0.3 is 0 Å². The van der Waals surface area contributed by atoms with E-state index in [1.54, 1.807) is 0 Å². The molecule has 0 amide bonds. The monoisotopic (exact) mass is 364 g/mol. The lowest BCUT2D eigenvalue weighted by Crippen LogP contribution is -1.84. The Morgan fingerprint density at radius 3 is 1.89 bits per heavy atom. The van der Waals surface area contributed by atoms with E-state index in [2.05, 4.69) is 91.0 Å². The minimum Gasteiger partial charge on any atom is -0.0843 e. The van der Waals surface area contributed by atoms with Crippen LogP contribution in [0.1, 0.15) is 0 Å². The highest BCUT2D eigenvalue weighted by atomic mass is 35.5. The molecule has 0 aliphatic rings. The van der Waals surface area contributed by atoms with Crippen molar-refractivity contribution in [2.24, 2.45) is 0 Å². The lowest BCUT2D eigenvalue weighted by atomic mass is 9.94. The van der Waals surface area contributed by atoms with Gasteiger partial charge in [0.25, 0.3) is 0 Å². The van der Waals surface area contributed by atoms with Crippen molar-refractivity contribution in [2.75, 3.05) is 0 Å². The number of rotatable bonds is 2. The van der Waals surface area contributed by atoms with Crippen molar-refractivity contribution in [3.8, 4) is 22.3 Å². The van der Waals surface area contributed by atoms with Gasteiger partial charge < -0.3 is 0 Å². The van der Waals surface area contributed by atoms with E-state index >= 15 is 0 Å². The van der Waals surface area contributed by atoms with E-state index in [1.807, 2.05) is 12.1 Å². The summed E-state index contributed by atoms with van der Waals surface area (Å²) in [5.74, 6) is 0. The van der Waals surface area contributed by atoms with E-state index < -0.39 is 0 Å². The van der Waals surface area contributed by atoms with Crippen LogP contribution in [0.4, 0.5) is 0 Å². The molecule has 0 atom stereocenters. The van der Waals surface area contributed by atoms with Crippen LogP contribution in [-0.2, 0) is 0 Å². The fourth-order valence-electron chi connectivity index (χ4n) is 3.71. The van der Waals surface area contributed by atoms with Crippen LogP contribution in [0, 0.1) is 0 Å². The first-order valence-corrected chi connectivity index (χ1v) is 9.44. The molecular formula is C26H17Cl. The highest BCUT2D eigenvalue weighted by Crippen LogP contribution is 2.33. The lowest BCUT2D eigenvalue weighted by Gasteiger charge is -2.10. The molecule has 5 aromatic rings. The van der Waals surface area contributed by atoms with Crippen LogP contribution in [0.25, 0.3) is 43.8 Å². The summed E-state index contributed by atoms with van der Waals surface area (Å²) in [5, 5.41) is 5.80. The Morgan fingerprint density at radius 2 is 1.07 bits per heavy atom. The molecule has 0 radical (unpaired) electrons. The Kier molecular flexibility index (Phi) is 3.92. The third-order valence-corrected chi connectivity index (χ3v) is 5.37. The number of benzene rings is 5. The lowest BCUT2D eigenvalue weighted by molar-refractivity contribution is 1.64. The fourth-order valence-corrected chi connectivity index (χ4v) is 3.84. The van der Waals surface area contributed by atoms with E-state index in [9.17, 15) is 0 Å². The maximum atomic E-state index is 6.05. The Bertz CT molecular complexity index is 1270. The molecule has 0 saturated heterocycles. The summed E-state index contributed by atoms with van der Waals surface area (Å²) in [6.07, 6.45) is 0. The first-order valence-electron chi connectivity index (χ1n) is 9.06. The van der Waals surface area contributed by atoms with E-state index in [0.717, 1.165) is 5.02 Å².